The number of hydrogen-bond donors (Lipinski definition) is 4. The van der Waals surface area contributed by atoms with Crippen molar-refractivity contribution in [3.8, 4) is 10.4 Å². The van der Waals surface area contributed by atoms with Crippen LogP contribution in [0.15, 0.2) is 54.6 Å². The number of carbonyl (C=O) groups is 1. The first-order valence-electron chi connectivity index (χ1n) is 10.8. The van der Waals surface area contributed by atoms with E-state index in [1.54, 1.807) is 11.3 Å². The third kappa shape index (κ3) is 5.15. The first-order chi connectivity index (χ1) is 15.0. The highest BCUT2D eigenvalue weighted by atomic mass is 32.1. The second kappa shape index (κ2) is 9.64. The Morgan fingerprint density at radius 2 is 2.00 bits per heavy atom. The third-order valence-corrected chi connectivity index (χ3v) is 6.80. The van der Waals surface area contributed by atoms with Crippen LogP contribution in [0.3, 0.4) is 0 Å². The van der Waals surface area contributed by atoms with Gasteiger partial charge in [0.2, 0.25) is 0 Å². The van der Waals surface area contributed by atoms with E-state index in [1.807, 2.05) is 39.1 Å². The lowest BCUT2D eigenvalue weighted by atomic mass is 10.0. The van der Waals surface area contributed by atoms with E-state index in [1.165, 1.54) is 15.3 Å². The average Bonchev–Trinajstić information content (AvgIpc) is 3.21. The molecule has 0 unspecified atom stereocenters. The van der Waals surface area contributed by atoms with Crippen molar-refractivity contribution in [2.24, 2.45) is 0 Å². The summed E-state index contributed by atoms with van der Waals surface area (Å²) in [5.74, 6) is -0.0433. The van der Waals surface area contributed by atoms with Gasteiger partial charge in [-0.05, 0) is 67.9 Å². The van der Waals surface area contributed by atoms with E-state index in [0.29, 0.717) is 6.04 Å². The number of amides is 1. The molecule has 162 valence electrons. The summed E-state index contributed by atoms with van der Waals surface area (Å²) in [5, 5.41) is 13.1. The number of carbonyl (C=O) groups excluding carboxylic acids is 1. The van der Waals surface area contributed by atoms with Crippen LogP contribution < -0.4 is 21.3 Å². The van der Waals surface area contributed by atoms with Gasteiger partial charge in [0.15, 0.2) is 0 Å². The molecular weight excluding hydrogens is 404 g/mol. The van der Waals surface area contributed by atoms with E-state index in [4.69, 9.17) is 0 Å². The Bertz CT molecular complexity index is 1060. The largest absolute Gasteiger partial charge is 0.380 e. The van der Waals surface area contributed by atoms with Crippen LogP contribution in [0, 0.1) is 6.92 Å². The molecule has 6 heteroatoms. The summed E-state index contributed by atoms with van der Waals surface area (Å²) in [6.07, 6.45) is 0. The molecule has 31 heavy (non-hydrogen) atoms. The summed E-state index contributed by atoms with van der Waals surface area (Å²) >= 11 is 1.80. The van der Waals surface area contributed by atoms with Crippen LogP contribution in [0.2, 0.25) is 0 Å². The molecule has 4 N–H and O–H groups in total. The highest BCUT2D eigenvalue weighted by Crippen LogP contribution is 2.30. The van der Waals surface area contributed by atoms with Crippen molar-refractivity contribution < 1.29 is 4.79 Å². The molecule has 0 aliphatic carbocycles. The number of thiophene rings is 1. The van der Waals surface area contributed by atoms with Crippen LogP contribution in [0.5, 0.6) is 0 Å². The van der Waals surface area contributed by atoms with Gasteiger partial charge in [0.05, 0.1) is 12.1 Å². The van der Waals surface area contributed by atoms with Crippen molar-refractivity contribution in [3.63, 3.8) is 0 Å². The molecule has 1 fully saturated rings. The summed E-state index contributed by atoms with van der Waals surface area (Å²) in [6.45, 7) is 6.82. The van der Waals surface area contributed by atoms with Crippen molar-refractivity contribution in [1.29, 1.82) is 0 Å². The Hall–Kier alpha value is -2.67. The SMILES string of the molecule is CNCc1ccc(-c2cccc([C@@H](C)NC(=O)c3cc(NC4CNC4)ccc3C)c2)s1. The molecule has 0 bridgehead atoms. The number of aryl methyl sites for hydroxylation is 1. The lowest BCUT2D eigenvalue weighted by Crippen LogP contribution is -2.51. The molecule has 1 aliphatic rings. The number of rotatable bonds is 8. The van der Waals surface area contributed by atoms with Crippen LogP contribution in [-0.2, 0) is 6.54 Å². The zero-order valence-electron chi connectivity index (χ0n) is 18.3. The van der Waals surface area contributed by atoms with E-state index in [0.717, 1.165) is 42.0 Å². The summed E-state index contributed by atoms with van der Waals surface area (Å²) in [6, 6.07) is 19.1. The maximum absolute atomic E-state index is 13.0. The molecular formula is C25H30N4OS. The van der Waals surface area contributed by atoms with Crippen molar-refractivity contribution in [1.82, 2.24) is 16.0 Å². The minimum absolute atomic E-state index is 0.0433. The van der Waals surface area contributed by atoms with Gasteiger partial charge >= 0.3 is 0 Å². The van der Waals surface area contributed by atoms with Crippen molar-refractivity contribution in [2.45, 2.75) is 32.5 Å². The standard InChI is InChI=1S/C25H30N4OS/c1-16-7-8-20(29-21-13-27-14-21)12-23(16)25(30)28-17(2)18-5-4-6-19(11-18)24-10-9-22(31-24)15-26-3/h4-12,17,21,26-27,29H,13-15H2,1-3H3,(H,28,30)/t17-/m1/s1. The quantitative estimate of drug-likeness (QED) is 0.426. The van der Waals surface area contributed by atoms with Gasteiger partial charge in [-0.2, -0.15) is 0 Å². The average molecular weight is 435 g/mol. The van der Waals surface area contributed by atoms with Crippen molar-refractivity contribution in [3.05, 3.63) is 76.2 Å². The molecule has 3 aromatic rings. The molecule has 1 aromatic heterocycles. The van der Waals surface area contributed by atoms with E-state index in [2.05, 4.69) is 57.7 Å². The molecule has 2 heterocycles. The highest BCUT2D eigenvalue weighted by Gasteiger charge is 2.18. The van der Waals surface area contributed by atoms with E-state index in [9.17, 15) is 4.79 Å². The van der Waals surface area contributed by atoms with Gasteiger partial charge in [-0.3, -0.25) is 4.79 Å². The lowest BCUT2D eigenvalue weighted by molar-refractivity contribution is 0.0939. The zero-order chi connectivity index (χ0) is 21.8. The molecule has 1 saturated heterocycles. The van der Waals surface area contributed by atoms with Gasteiger partial charge in [-0.15, -0.1) is 11.3 Å². The Morgan fingerprint density at radius 3 is 2.74 bits per heavy atom. The minimum Gasteiger partial charge on any atom is -0.380 e. The van der Waals surface area contributed by atoms with E-state index in [-0.39, 0.29) is 11.9 Å². The van der Waals surface area contributed by atoms with E-state index < -0.39 is 0 Å². The molecule has 2 aromatic carbocycles. The molecule has 0 spiro atoms. The maximum Gasteiger partial charge on any atom is 0.252 e. The van der Waals surface area contributed by atoms with Gasteiger partial charge in [-0.1, -0.05) is 24.3 Å². The van der Waals surface area contributed by atoms with Gasteiger partial charge in [0.25, 0.3) is 5.91 Å². The number of benzene rings is 2. The summed E-state index contributed by atoms with van der Waals surface area (Å²) in [7, 11) is 1.96. The van der Waals surface area contributed by atoms with Crippen LogP contribution >= 0.6 is 11.3 Å². The number of hydrogen-bond acceptors (Lipinski definition) is 5. The van der Waals surface area contributed by atoms with Gasteiger partial charge < -0.3 is 21.3 Å². The van der Waals surface area contributed by atoms with Gasteiger partial charge in [0, 0.05) is 40.6 Å². The van der Waals surface area contributed by atoms with Crippen LogP contribution in [0.4, 0.5) is 5.69 Å². The molecule has 5 nitrogen and oxygen atoms in total. The van der Waals surface area contributed by atoms with Crippen molar-refractivity contribution >= 4 is 22.9 Å². The lowest BCUT2D eigenvalue weighted by Gasteiger charge is -2.29. The monoisotopic (exact) mass is 434 g/mol. The van der Waals surface area contributed by atoms with Crippen LogP contribution in [0.1, 0.15) is 39.3 Å². The number of anilines is 1. The molecule has 4 rings (SSSR count). The normalized spacial score (nSPS) is 14.7. The Labute approximate surface area is 188 Å². The highest BCUT2D eigenvalue weighted by molar-refractivity contribution is 7.15. The fourth-order valence-corrected chi connectivity index (χ4v) is 4.72. The second-order valence-electron chi connectivity index (χ2n) is 8.15. The van der Waals surface area contributed by atoms with Gasteiger partial charge in [-0.25, -0.2) is 0 Å². The molecule has 0 saturated carbocycles. The molecule has 0 radical (unpaired) electrons. The summed E-state index contributed by atoms with van der Waals surface area (Å²) in [5.41, 5.74) is 4.97. The molecule has 1 amide bonds. The second-order valence-corrected chi connectivity index (χ2v) is 9.31. The van der Waals surface area contributed by atoms with Crippen LogP contribution in [-0.4, -0.2) is 32.1 Å². The molecule has 1 atom stereocenters. The fraction of sp³-hybridized carbons (Fsp3) is 0.320. The Balaban J connectivity index is 1.47. The van der Waals surface area contributed by atoms with E-state index >= 15 is 0 Å². The van der Waals surface area contributed by atoms with Crippen LogP contribution in [0.25, 0.3) is 10.4 Å². The zero-order valence-corrected chi connectivity index (χ0v) is 19.1. The topological polar surface area (TPSA) is 65.2 Å². The fourth-order valence-electron chi connectivity index (χ4n) is 3.70. The Kier molecular flexibility index (Phi) is 6.70. The summed E-state index contributed by atoms with van der Waals surface area (Å²) < 4.78 is 0. The first kappa shape index (κ1) is 21.6. The third-order valence-electron chi connectivity index (χ3n) is 5.67. The van der Waals surface area contributed by atoms with Crippen molar-refractivity contribution in [2.75, 3.05) is 25.5 Å². The smallest absolute Gasteiger partial charge is 0.252 e. The maximum atomic E-state index is 13.0. The Morgan fingerprint density at radius 1 is 1.16 bits per heavy atom. The first-order valence-corrected chi connectivity index (χ1v) is 11.6. The molecule has 1 aliphatic heterocycles. The minimum atomic E-state index is -0.0870. The van der Waals surface area contributed by atoms with Gasteiger partial charge in [0.1, 0.15) is 0 Å². The summed E-state index contributed by atoms with van der Waals surface area (Å²) in [4.78, 5) is 15.6. The predicted molar refractivity (Wildman–Crippen MR) is 130 cm³/mol. The number of nitrogens with one attached hydrogen (secondary N) is 4. The predicted octanol–water partition coefficient (Wildman–Crippen LogP) is 4.32.